The number of hydrogen-bond acceptors (Lipinski definition) is 8. The third-order valence-corrected chi connectivity index (χ3v) is 10.3. The number of rotatable bonds is 5. The quantitative estimate of drug-likeness (QED) is 0.339. The van der Waals surface area contributed by atoms with Crippen molar-refractivity contribution < 1.29 is 18.0 Å². The number of pyridine rings is 1. The number of ketones is 1. The molecule has 0 saturated carbocycles. The number of nitrogens with one attached hydrogen (secondary N) is 1. The molecule has 12 heteroatoms. The van der Waals surface area contributed by atoms with Crippen LogP contribution in [-0.4, -0.2) is 68.5 Å². The van der Waals surface area contributed by atoms with Gasteiger partial charge in [-0.1, -0.05) is 36.4 Å². The lowest BCUT2D eigenvalue weighted by atomic mass is 9.85. The highest BCUT2D eigenvalue weighted by molar-refractivity contribution is 7.89. The van der Waals surface area contributed by atoms with E-state index in [4.69, 9.17) is 10.7 Å². The minimum absolute atomic E-state index is 0.0292. The fourth-order valence-electron chi connectivity index (χ4n) is 6.95. The molecule has 2 bridgehead atoms. The maximum atomic E-state index is 13.4. The number of piperidine rings is 1. The van der Waals surface area contributed by atoms with Gasteiger partial charge in [0.2, 0.25) is 15.9 Å². The smallest absolute Gasteiger partial charge is 0.241 e. The van der Waals surface area contributed by atoms with Gasteiger partial charge in [-0.2, -0.15) is 9.61 Å². The molecule has 216 valence electrons. The van der Waals surface area contributed by atoms with Gasteiger partial charge in [0.25, 0.3) is 0 Å². The van der Waals surface area contributed by atoms with Crippen molar-refractivity contribution in [3.8, 4) is 22.4 Å². The molecule has 1 amide bonds. The van der Waals surface area contributed by atoms with Gasteiger partial charge in [0.1, 0.15) is 11.9 Å². The SMILES string of the molecule is CC(=O)c1c(C2C[C@H]3CC[C@@H](C2)N3C(=O)C2CCS(=O)(=O)N2)nc2c(-c3ccc(-c4ccccc4)nc3)cnn2c1N. The van der Waals surface area contributed by atoms with Crippen LogP contribution >= 0.6 is 0 Å². The molecule has 11 nitrogen and oxygen atoms in total. The fourth-order valence-corrected chi connectivity index (χ4v) is 8.26. The number of aromatic nitrogens is 4. The molecular formula is C30H31N7O4S. The van der Waals surface area contributed by atoms with E-state index in [9.17, 15) is 18.0 Å². The molecule has 6 heterocycles. The third kappa shape index (κ3) is 4.45. The van der Waals surface area contributed by atoms with Crippen LogP contribution in [0.2, 0.25) is 0 Å². The molecule has 3 aliphatic heterocycles. The second-order valence-electron chi connectivity index (χ2n) is 11.5. The lowest BCUT2D eigenvalue weighted by Gasteiger charge is -2.40. The Morgan fingerprint density at radius 3 is 2.33 bits per heavy atom. The molecule has 0 aliphatic carbocycles. The number of nitrogens with zero attached hydrogens (tertiary/aromatic N) is 5. The topological polar surface area (TPSA) is 153 Å². The number of anilines is 1. The van der Waals surface area contributed by atoms with Gasteiger partial charge >= 0.3 is 0 Å². The van der Waals surface area contributed by atoms with E-state index in [2.05, 4.69) is 14.8 Å². The van der Waals surface area contributed by atoms with Crippen LogP contribution in [0.15, 0.2) is 54.9 Å². The summed E-state index contributed by atoms with van der Waals surface area (Å²) in [7, 11) is -3.40. The van der Waals surface area contributed by atoms with Crippen molar-refractivity contribution in [1.82, 2.24) is 29.2 Å². The summed E-state index contributed by atoms with van der Waals surface area (Å²) in [5.74, 6) is -0.207. The molecule has 3 N–H and O–H groups in total. The van der Waals surface area contributed by atoms with E-state index in [1.807, 2.05) is 47.4 Å². The molecule has 2 unspecified atom stereocenters. The molecule has 0 spiro atoms. The highest BCUT2D eigenvalue weighted by Gasteiger charge is 2.47. The van der Waals surface area contributed by atoms with E-state index in [1.165, 1.54) is 11.4 Å². The predicted octanol–water partition coefficient (Wildman–Crippen LogP) is 3.17. The van der Waals surface area contributed by atoms with Crippen molar-refractivity contribution in [3.63, 3.8) is 0 Å². The van der Waals surface area contributed by atoms with Crippen LogP contribution in [0.5, 0.6) is 0 Å². The summed E-state index contributed by atoms with van der Waals surface area (Å²) in [6, 6.07) is 13.0. The van der Waals surface area contributed by atoms with Crippen LogP contribution < -0.4 is 10.5 Å². The number of carbonyl (C=O) groups is 2. The Hall–Kier alpha value is -4.16. The van der Waals surface area contributed by atoms with Gasteiger partial charge in [-0.25, -0.2) is 18.1 Å². The largest absolute Gasteiger partial charge is 0.383 e. The zero-order valence-electron chi connectivity index (χ0n) is 23.1. The van der Waals surface area contributed by atoms with Crippen LogP contribution in [0, 0.1) is 0 Å². The average Bonchev–Trinajstić information content (AvgIpc) is 3.65. The number of benzene rings is 1. The Labute approximate surface area is 243 Å². The van der Waals surface area contributed by atoms with E-state index in [1.54, 1.807) is 12.4 Å². The molecule has 4 atom stereocenters. The Morgan fingerprint density at radius 2 is 1.71 bits per heavy atom. The second kappa shape index (κ2) is 9.99. The van der Waals surface area contributed by atoms with E-state index >= 15 is 0 Å². The van der Waals surface area contributed by atoms with E-state index in [0.717, 1.165) is 35.2 Å². The number of sulfonamides is 1. The first-order valence-electron chi connectivity index (χ1n) is 14.2. The third-order valence-electron chi connectivity index (χ3n) is 8.88. The fraction of sp³-hybridized carbons (Fsp3) is 0.367. The van der Waals surface area contributed by atoms with Crippen LogP contribution in [0.1, 0.15) is 61.0 Å². The summed E-state index contributed by atoms with van der Waals surface area (Å²) in [5, 5.41) is 4.48. The van der Waals surface area contributed by atoms with Crippen LogP contribution in [-0.2, 0) is 14.8 Å². The Balaban J connectivity index is 1.22. The van der Waals surface area contributed by atoms with Gasteiger partial charge in [-0.05, 0) is 45.1 Å². The maximum Gasteiger partial charge on any atom is 0.241 e. The van der Waals surface area contributed by atoms with E-state index < -0.39 is 16.1 Å². The van der Waals surface area contributed by atoms with Gasteiger partial charge in [0.05, 0.1) is 28.9 Å². The molecule has 3 aliphatic rings. The highest BCUT2D eigenvalue weighted by atomic mass is 32.2. The first-order chi connectivity index (χ1) is 20.2. The molecule has 3 aromatic heterocycles. The van der Waals surface area contributed by atoms with Gasteiger partial charge < -0.3 is 10.6 Å². The molecule has 42 heavy (non-hydrogen) atoms. The number of fused-ring (bicyclic) bond motifs is 3. The Morgan fingerprint density at radius 1 is 0.976 bits per heavy atom. The molecule has 0 radical (unpaired) electrons. The molecule has 7 rings (SSSR count). The Kier molecular flexibility index (Phi) is 6.35. The summed E-state index contributed by atoms with van der Waals surface area (Å²) in [6.07, 6.45) is 6.68. The van der Waals surface area contributed by atoms with Crippen molar-refractivity contribution in [3.05, 3.63) is 66.1 Å². The first kappa shape index (κ1) is 26.7. The Bertz CT molecular complexity index is 1810. The minimum atomic E-state index is -3.40. The van der Waals surface area contributed by atoms with Crippen molar-refractivity contribution in [2.45, 2.75) is 63.1 Å². The zero-order chi connectivity index (χ0) is 29.2. The number of hydrogen-bond donors (Lipinski definition) is 2. The molecule has 3 fully saturated rings. The van der Waals surface area contributed by atoms with Crippen molar-refractivity contribution in [2.75, 3.05) is 11.5 Å². The lowest BCUT2D eigenvalue weighted by molar-refractivity contribution is -0.137. The van der Waals surface area contributed by atoms with Crippen LogP contribution in [0.25, 0.3) is 28.0 Å². The van der Waals surface area contributed by atoms with Crippen LogP contribution in [0.3, 0.4) is 0 Å². The van der Waals surface area contributed by atoms with Crippen molar-refractivity contribution in [1.29, 1.82) is 0 Å². The number of carbonyl (C=O) groups excluding carboxylic acids is 2. The lowest BCUT2D eigenvalue weighted by Crippen LogP contribution is -2.52. The van der Waals surface area contributed by atoms with E-state index in [-0.39, 0.29) is 47.7 Å². The first-order valence-corrected chi connectivity index (χ1v) is 15.9. The van der Waals surface area contributed by atoms with Gasteiger partial charge in [-0.3, -0.25) is 14.6 Å². The number of nitrogens with two attached hydrogens (primary N) is 1. The summed E-state index contributed by atoms with van der Waals surface area (Å²) in [6.45, 7) is 1.48. The minimum Gasteiger partial charge on any atom is -0.383 e. The summed E-state index contributed by atoms with van der Waals surface area (Å²) in [4.78, 5) is 37.9. The highest BCUT2D eigenvalue weighted by Crippen LogP contribution is 2.45. The summed E-state index contributed by atoms with van der Waals surface area (Å²) in [5.41, 5.74) is 11.6. The summed E-state index contributed by atoms with van der Waals surface area (Å²) >= 11 is 0. The monoisotopic (exact) mass is 585 g/mol. The maximum absolute atomic E-state index is 13.4. The molecule has 4 aromatic rings. The molecule has 1 aromatic carbocycles. The van der Waals surface area contributed by atoms with Gasteiger partial charge in [0, 0.05) is 40.9 Å². The number of nitrogen functional groups attached to an aromatic ring is 1. The second-order valence-corrected chi connectivity index (χ2v) is 13.4. The van der Waals surface area contributed by atoms with E-state index in [0.29, 0.717) is 29.7 Å². The number of amides is 1. The normalized spacial score (nSPS) is 24.7. The van der Waals surface area contributed by atoms with Gasteiger partial charge in [0.15, 0.2) is 11.4 Å². The van der Waals surface area contributed by atoms with Crippen molar-refractivity contribution >= 4 is 33.2 Å². The molecule has 3 saturated heterocycles. The summed E-state index contributed by atoms with van der Waals surface area (Å²) < 4.78 is 27.9. The number of Topliss-reactive ketones (excluding diaryl/α,β-unsaturated/α-hetero) is 1. The average molecular weight is 586 g/mol. The van der Waals surface area contributed by atoms with Gasteiger partial charge in [-0.15, -0.1) is 0 Å². The standard InChI is InChI=1S/C30H31N7O4S/c1-17(38)26-27(20-13-21-8-9-22(14-20)36(21)30(39)25-11-12-42(40,41)35-25)34-29-23(16-33-37(29)28(26)31)19-7-10-24(32-15-19)18-5-3-2-4-6-18/h2-7,10,15-16,20-22,25,35H,8-9,11-14,31H2,1H3/t20?,21-,22+,25?. The van der Waals surface area contributed by atoms with Crippen LogP contribution in [0.4, 0.5) is 5.82 Å². The molecular weight excluding hydrogens is 554 g/mol. The zero-order valence-corrected chi connectivity index (χ0v) is 23.9. The van der Waals surface area contributed by atoms with Crippen molar-refractivity contribution in [2.24, 2.45) is 0 Å². The predicted molar refractivity (Wildman–Crippen MR) is 157 cm³/mol.